The Hall–Kier alpha value is -1.75. The van der Waals surface area contributed by atoms with Crippen LogP contribution in [0.5, 0.6) is 5.75 Å². The van der Waals surface area contributed by atoms with Crippen LogP contribution in [0.15, 0.2) is 23.2 Å². The first-order chi connectivity index (χ1) is 11.2. The highest BCUT2D eigenvalue weighted by atomic mass is 16.5. The van der Waals surface area contributed by atoms with Crippen molar-refractivity contribution in [1.82, 2.24) is 10.6 Å². The first kappa shape index (κ1) is 17.6. The minimum absolute atomic E-state index is 0.164. The lowest BCUT2D eigenvalue weighted by atomic mass is 10.1. The molecule has 1 aromatic carbocycles. The monoisotopic (exact) mass is 319 g/mol. The van der Waals surface area contributed by atoms with Gasteiger partial charge < -0.3 is 20.1 Å². The van der Waals surface area contributed by atoms with Crippen molar-refractivity contribution in [3.05, 3.63) is 29.3 Å². The highest BCUT2D eigenvalue weighted by Crippen LogP contribution is 2.23. The first-order valence-corrected chi connectivity index (χ1v) is 8.51. The van der Waals surface area contributed by atoms with Crippen LogP contribution in [0.1, 0.15) is 37.3 Å². The molecular formula is C18H29N3O2. The molecule has 0 aliphatic carbocycles. The van der Waals surface area contributed by atoms with Crippen LogP contribution in [-0.2, 0) is 11.3 Å². The Kier molecular flexibility index (Phi) is 7.20. The van der Waals surface area contributed by atoms with Crippen LogP contribution in [-0.4, -0.2) is 38.9 Å². The minimum Gasteiger partial charge on any atom is -0.488 e. The molecule has 1 aliphatic heterocycles. The van der Waals surface area contributed by atoms with Gasteiger partial charge in [-0.1, -0.05) is 25.5 Å². The van der Waals surface area contributed by atoms with E-state index in [0.29, 0.717) is 13.2 Å². The number of benzene rings is 1. The van der Waals surface area contributed by atoms with Gasteiger partial charge >= 0.3 is 0 Å². The van der Waals surface area contributed by atoms with Crippen LogP contribution in [0.4, 0.5) is 0 Å². The van der Waals surface area contributed by atoms with Crippen LogP contribution in [0.3, 0.4) is 0 Å². The molecule has 0 spiro atoms. The van der Waals surface area contributed by atoms with E-state index in [1.807, 2.05) is 0 Å². The van der Waals surface area contributed by atoms with E-state index in [-0.39, 0.29) is 6.10 Å². The van der Waals surface area contributed by atoms with Gasteiger partial charge in [-0.3, -0.25) is 4.99 Å². The summed E-state index contributed by atoms with van der Waals surface area (Å²) in [6.07, 6.45) is 3.43. The predicted octanol–water partition coefficient (Wildman–Crippen LogP) is 2.63. The second-order valence-corrected chi connectivity index (χ2v) is 5.92. The Morgan fingerprint density at radius 1 is 1.39 bits per heavy atom. The fourth-order valence-corrected chi connectivity index (χ4v) is 2.49. The van der Waals surface area contributed by atoms with Crippen LogP contribution in [0.2, 0.25) is 0 Å². The lowest BCUT2D eigenvalue weighted by molar-refractivity contribution is 0.140. The summed E-state index contributed by atoms with van der Waals surface area (Å²) in [7, 11) is 1.80. The maximum atomic E-state index is 6.13. The molecule has 5 nitrogen and oxygen atoms in total. The lowest BCUT2D eigenvalue weighted by Gasteiger charge is -2.18. The number of rotatable bonds is 7. The highest BCUT2D eigenvalue weighted by molar-refractivity contribution is 5.79. The third kappa shape index (κ3) is 5.75. The smallest absolute Gasteiger partial charge is 0.191 e. The van der Waals surface area contributed by atoms with Gasteiger partial charge in [-0.25, -0.2) is 0 Å². The Morgan fingerprint density at radius 3 is 2.96 bits per heavy atom. The largest absolute Gasteiger partial charge is 0.488 e. The maximum absolute atomic E-state index is 6.13. The van der Waals surface area contributed by atoms with E-state index in [4.69, 9.17) is 9.47 Å². The number of nitrogens with zero attached hydrogens (tertiary/aromatic N) is 1. The maximum Gasteiger partial charge on any atom is 0.191 e. The third-order valence-electron chi connectivity index (χ3n) is 3.90. The van der Waals surface area contributed by atoms with Gasteiger partial charge in [0.2, 0.25) is 0 Å². The first-order valence-electron chi connectivity index (χ1n) is 8.51. The van der Waals surface area contributed by atoms with E-state index in [0.717, 1.165) is 43.3 Å². The normalized spacial score (nSPS) is 18.0. The number of ether oxygens (including phenoxy) is 2. The molecule has 5 heteroatoms. The lowest BCUT2D eigenvalue weighted by Crippen LogP contribution is -2.37. The van der Waals surface area contributed by atoms with Crippen molar-refractivity contribution in [2.75, 3.05) is 26.8 Å². The highest BCUT2D eigenvalue weighted by Gasteiger charge is 2.18. The molecule has 1 aliphatic rings. The molecule has 2 rings (SSSR count). The number of hydrogen-bond donors (Lipinski definition) is 2. The third-order valence-corrected chi connectivity index (χ3v) is 3.90. The summed E-state index contributed by atoms with van der Waals surface area (Å²) < 4.78 is 11.5. The van der Waals surface area contributed by atoms with E-state index >= 15 is 0 Å². The summed E-state index contributed by atoms with van der Waals surface area (Å²) >= 11 is 0. The number of aliphatic imine (C=N–C) groups is 1. The molecule has 1 fully saturated rings. The molecule has 1 unspecified atom stereocenters. The molecule has 128 valence electrons. The van der Waals surface area contributed by atoms with Crippen molar-refractivity contribution in [1.29, 1.82) is 0 Å². The van der Waals surface area contributed by atoms with Crippen LogP contribution in [0, 0.1) is 6.92 Å². The summed E-state index contributed by atoms with van der Waals surface area (Å²) in [6.45, 7) is 7.36. The SMILES string of the molecule is CCCCNC(=NC)NCc1ccc(C)cc1OC1CCOC1. The molecule has 1 saturated heterocycles. The van der Waals surface area contributed by atoms with Gasteiger partial charge in [-0.05, 0) is 25.0 Å². The predicted molar refractivity (Wildman–Crippen MR) is 94.1 cm³/mol. The molecule has 1 atom stereocenters. The van der Waals surface area contributed by atoms with Gasteiger partial charge in [0.15, 0.2) is 5.96 Å². The summed E-state index contributed by atoms with van der Waals surface area (Å²) in [5.41, 5.74) is 2.34. The van der Waals surface area contributed by atoms with Crippen molar-refractivity contribution in [2.24, 2.45) is 4.99 Å². The standard InChI is InChI=1S/C18H29N3O2/c1-4-5-9-20-18(19-3)21-12-15-7-6-14(2)11-17(15)23-16-8-10-22-13-16/h6-7,11,16H,4-5,8-10,12-13H2,1-3H3,(H2,19,20,21). The zero-order chi connectivity index (χ0) is 16.5. The van der Waals surface area contributed by atoms with E-state index in [1.165, 1.54) is 12.0 Å². The van der Waals surface area contributed by atoms with Gasteiger partial charge in [0.05, 0.1) is 13.2 Å². The quantitative estimate of drug-likeness (QED) is 0.461. The second-order valence-electron chi connectivity index (χ2n) is 5.92. The molecular weight excluding hydrogens is 290 g/mol. The summed E-state index contributed by atoms with van der Waals surface area (Å²) in [6, 6.07) is 6.33. The number of unbranched alkanes of at least 4 members (excludes halogenated alkanes) is 1. The molecule has 1 heterocycles. The molecule has 0 aromatic heterocycles. The van der Waals surface area contributed by atoms with E-state index < -0.39 is 0 Å². The van der Waals surface area contributed by atoms with Crippen LogP contribution < -0.4 is 15.4 Å². The molecule has 0 radical (unpaired) electrons. The molecule has 1 aromatic rings. The molecule has 0 bridgehead atoms. The van der Waals surface area contributed by atoms with Crippen molar-refractivity contribution in [3.8, 4) is 5.75 Å². The van der Waals surface area contributed by atoms with Gasteiger partial charge in [0.25, 0.3) is 0 Å². The van der Waals surface area contributed by atoms with E-state index in [2.05, 4.69) is 47.7 Å². The van der Waals surface area contributed by atoms with Crippen molar-refractivity contribution < 1.29 is 9.47 Å². The number of guanidine groups is 1. The van der Waals surface area contributed by atoms with Crippen molar-refractivity contribution >= 4 is 5.96 Å². The Balaban J connectivity index is 1.95. The number of nitrogens with one attached hydrogen (secondary N) is 2. The Morgan fingerprint density at radius 2 is 2.26 bits per heavy atom. The second kappa shape index (κ2) is 9.40. The van der Waals surface area contributed by atoms with Gasteiger partial charge in [0, 0.05) is 32.1 Å². The molecule has 23 heavy (non-hydrogen) atoms. The van der Waals surface area contributed by atoms with E-state index in [1.54, 1.807) is 7.05 Å². The average molecular weight is 319 g/mol. The van der Waals surface area contributed by atoms with Crippen LogP contribution >= 0.6 is 0 Å². The van der Waals surface area contributed by atoms with Crippen LogP contribution in [0.25, 0.3) is 0 Å². The number of hydrogen-bond acceptors (Lipinski definition) is 3. The zero-order valence-electron chi connectivity index (χ0n) is 14.5. The Labute approximate surface area is 139 Å². The minimum atomic E-state index is 0.164. The zero-order valence-corrected chi connectivity index (χ0v) is 14.5. The van der Waals surface area contributed by atoms with Crippen molar-refractivity contribution in [3.63, 3.8) is 0 Å². The number of aryl methyl sites for hydroxylation is 1. The Bertz CT molecular complexity index is 511. The molecule has 2 N–H and O–H groups in total. The fraction of sp³-hybridized carbons (Fsp3) is 0.611. The van der Waals surface area contributed by atoms with Crippen molar-refractivity contribution in [2.45, 2.75) is 45.8 Å². The summed E-state index contributed by atoms with van der Waals surface area (Å²) in [5.74, 6) is 1.77. The fourth-order valence-electron chi connectivity index (χ4n) is 2.49. The topological polar surface area (TPSA) is 54.9 Å². The average Bonchev–Trinajstić information content (AvgIpc) is 3.05. The molecule has 0 saturated carbocycles. The summed E-state index contributed by atoms with van der Waals surface area (Å²) in [4.78, 5) is 4.26. The van der Waals surface area contributed by atoms with Gasteiger partial charge in [-0.15, -0.1) is 0 Å². The van der Waals surface area contributed by atoms with Gasteiger partial charge in [-0.2, -0.15) is 0 Å². The molecule has 0 amide bonds. The van der Waals surface area contributed by atoms with E-state index in [9.17, 15) is 0 Å². The summed E-state index contributed by atoms with van der Waals surface area (Å²) in [5, 5.41) is 6.68. The van der Waals surface area contributed by atoms with Gasteiger partial charge in [0.1, 0.15) is 11.9 Å².